The molecule has 0 saturated carbocycles. The van der Waals surface area contributed by atoms with Gasteiger partial charge in [0.1, 0.15) is 11.6 Å². The maximum Gasteiger partial charge on any atom is 0.321 e. The lowest BCUT2D eigenvalue weighted by atomic mass is 10.2. The monoisotopic (exact) mass is 323 g/mol. The first-order valence-corrected chi connectivity index (χ1v) is 7.67. The third-order valence-electron chi connectivity index (χ3n) is 2.97. The molecule has 0 aliphatic carbocycles. The van der Waals surface area contributed by atoms with Crippen LogP contribution in [0, 0.1) is 11.6 Å². The molecule has 0 aliphatic rings. The first-order chi connectivity index (χ1) is 10.5. The molecule has 7 heteroatoms. The van der Waals surface area contributed by atoms with E-state index in [-0.39, 0.29) is 10.6 Å². The molecule has 2 aromatic rings. The molecule has 0 aliphatic heterocycles. The standard InChI is InChI=1S/C15H15F2N3OS/c1-20(9-10-3-5-18-6-4-10)15(21)19-11-7-12(16)14(22-2)13(17)8-11/h3-8H,9H2,1-2H3,(H,19,21). The zero-order valence-corrected chi connectivity index (χ0v) is 13.0. The maximum absolute atomic E-state index is 13.7. The molecule has 0 spiro atoms. The summed E-state index contributed by atoms with van der Waals surface area (Å²) in [7, 11) is 1.60. The van der Waals surface area contributed by atoms with E-state index in [2.05, 4.69) is 10.3 Å². The molecule has 0 fully saturated rings. The number of anilines is 1. The fourth-order valence-electron chi connectivity index (χ4n) is 1.88. The van der Waals surface area contributed by atoms with Crippen molar-refractivity contribution < 1.29 is 13.6 Å². The maximum atomic E-state index is 13.7. The Balaban J connectivity index is 2.05. The first-order valence-electron chi connectivity index (χ1n) is 6.45. The molecule has 1 heterocycles. The molecule has 0 atom stereocenters. The van der Waals surface area contributed by atoms with Crippen LogP contribution in [0.2, 0.25) is 0 Å². The third-order valence-corrected chi connectivity index (χ3v) is 3.77. The van der Waals surface area contributed by atoms with Gasteiger partial charge in [-0.05, 0) is 36.1 Å². The second-order valence-electron chi connectivity index (χ2n) is 4.61. The van der Waals surface area contributed by atoms with Crippen LogP contribution in [0.1, 0.15) is 5.56 Å². The van der Waals surface area contributed by atoms with Gasteiger partial charge in [-0.2, -0.15) is 0 Å². The van der Waals surface area contributed by atoms with Crippen LogP contribution in [0.4, 0.5) is 19.3 Å². The molecule has 1 aromatic heterocycles. The van der Waals surface area contributed by atoms with Gasteiger partial charge in [0, 0.05) is 31.7 Å². The Morgan fingerprint density at radius 3 is 2.41 bits per heavy atom. The second-order valence-corrected chi connectivity index (χ2v) is 5.43. The van der Waals surface area contributed by atoms with Gasteiger partial charge < -0.3 is 10.2 Å². The summed E-state index contributed by atoms with van der Waals surface area (Å²) in [5.41, 5.74) is 0.988. The summed E-state index contributed by atoms with van der Waals surface area (Å²) in [6.07, 6.45) is 4.85. The Kier molecular flexibility index (Phi) is 5.32. The number of thioether (sulfide) groups is 1. The molecule has 0 unspecified atom stereocenters. The largest absolute Gasteiger partial charge is 0.323 e. The van der Waals surface area contributed by atoms with Gasteiger partial charge in [0.25, 0.3) is 0 Å². The number of carbonyl (C=O) groups excluding carboxylic acids is 1. The van der Waals surface area contributed by atoms with Crippen molar-refractivity contribution in [2.45, 2.75) is 11.4 Å². The number of nitrogens with zero attached hydrogens (tertiary/aromatic N) is 2. The van der Waals surface area contributed by atoms with Crippen molar-refractivity contribution >= 4 is 23.5 Å². The number of urea groups is 1. The number of carbonyl (C=O) groups is 1. The van der Waals surface area contributed by atoms with E-state index >= 15 is 0 Å². The SMILES string of the molecule is CSc1c(F)cc(NC(=O)N(C)Cc2ccncc2)cc1F. The Hall–Kier alpha value is -2.15. The average molecular weight is 323 g/mol. The Morgan fingerprint density at radius 1 is 1.27 bits per heavy atom. The molecule has 4 nitrogen and oxygen atoms in total. The van der Waals surface area contributed by atoms with Crippen molar-refractivity contribution in [2.24, 2.45) is 0 Å². The quantitative estimate of drug-likeness (QED) is 0.872. The lowest BCUT2D eigenvalue weighted by molar-refractivity contribution is 0.220. The number of halogens is 2. The van der Waals surface area contributed by atoms with E-state index < -0.39 is 17.7 Å². The number of amides is 2. The van der Waals surface area contributed by atoms with E-state index in [1.165, 1.54) is 4.90 Å². The van der Waals surface area contributed by atoms with E-state index in [1.807, 2.05) is 0 Å². The molecule has 0 bridgehead atoms. The van der Waals surface area contributed by atoms with Gasteiger partial charge in [-0.1, -0.05) is 0 Å². The molecule has 0 saturated heterocycles. The fourth-order valence-corrected chi connectivity index (χ4v) is 2.39. The minimum absolute atomic E-state index is 0.0665. The van der Waals surface area contributed by atoms with Crippen molar-refractivity contribution in [3.05, 3.63) is 53.9 Å². The molecule has 0 radical (unpaired) electrons. The number of benzene rings is 1. The van der Waals surface area contributed by atoms with Crippen LogP contribution in [0.3, 0.4) is 0 Å². The van der Waals surface area contributed by atoms with Crippen LogP contribution in [0.15, 0.2) is 41.6 Å². The average Bonchev–Trinajstić information content (AvgIpc) is 2.48. The summed E-state index contributed by atoms with van der Waals surface area (Å²) in [4.78, 5) is 17.3. The van der Waals surface area contributed by atoms with Gasteiger partial charge in [0.2, 0.25) is 0 Å². The zero-order valence-electron chi connectivity index (χ0n) is 12.1. The number of nitrogens with one attached hydrogen (secondary N) is 1. The van der Waals surface area contributed by atoms with Crippen molar-refractivity contribution in [1.82, 2.24) is 9.88 Å². The smallest absolute Gasteiger partial charge is 0.321 e. The highest BCUT2D eigenvalue weighted by molar-refractivity contribution is 7.98. The minimum Gasteiger partial charge on any atom is -0.323 e. The van der Waals surface area contributed by atoms with Crippen LogP contribution in [0.5, 0.6) is 0 Å². The lowest BCUT2D eigenvalue weighted by Gasteiger charge is -2.18. The summed E-state index contributed by atoms with van der Waals surface area (Å²) in [6, 6.07) is 5.33. The van der Waals surface area contributed by atoms with Crippen LogP contribution in [-0.2, 0) is 6.54 Å². The summed E-state index contributed by atoms with van der Waals surface area (Å²) >= 11 is 0.979. The van der Waals surface area contributed by atoms with Gasteiger partial charge in [-0.3, -0.25) is 4.98 Å². The zero-order chi connectivity index (χ0) is 16.1. The highest BCUT2D eigenvalue weighted by Gasteiger charge is 2.14. The van der Waals surface area contributed by atoms with Gasteiger partial charge in [-0.25, -0.2) is 13.6 Å². The van der Waals surface area contributed by atoms with Crippen molar-refractivity contribution in [3.63, 3.8) is 0 Å². The van der Waals surface area contributed by atoms with Crippen molar-refractivity contribution in [1.29, 1.82) is 0 Å². The van der Waals surface area contributed by atoms with Crippen LogP contribution in [-0.4, -0.2) is 29.2 Å². The van der Waals surface area contributed by atoms with Crippen molar-refractivity contribution in [2.75, 3.05) is 18.6 Å². The van der Waals surface area contributed by atoms with E-state index in [1.54, 1.807) is 37.8 Å². The van der Waals surface area contributed by atoms with Gasteiger partial charge in [-0.15, -0.1) is 11.8 Å². The molecule has 22 heavy (non-hydrogen) atoms. The van der Waals surface area contributed by atoms with E-state index in [0.717, 1.165) is 29.5 Å². The topological polar surface area (TPSA) is 45.2 Å². The molecule has 1 aromatic carbocycles. The highest BCUT2D eigenvalue weighted by atomic mass is 32.2. The summed E-state index contributed by atoms with van der Waals surface area (Å²) in [5, 5.41) is 2.48. The lowest BCUT2D eigenvalue weighted by Crippen LogP contribution is -2.30. The molecule has 2 rings (SSSR count). The first kappa shape index (κ1) is 16.2. The third kappa shape index (κ3) is 3.94. The molecular weight excluding hydrogens is 308 g/mol. The number of pyridine rings is 1. The molecule has 2 amide bonds. The van der Waals surface area contributed by atoms with Crippen molar-refractivity contribution in [3.8, 4) is 0 Å². The van der Waals surface area contributed by atoms with Gasteiger partial charge >= 0.3 is 6.03 Å². The Bertz CT molecular complexity index is 644. The number of rotatable bonds is 4. The molecule has 1 N–H and O–H groups in total. The van der Waals surface area contributed by atoms with Gasteiger partial charge in [0.15, 0.2) is 0 Å². The normalized spacial score (nSPS) is 10.4. The second kappa shape index (κ2) is 7.22. The van der Waals surface area contributed by atoms with Crippen LogP contribution < -0.4 is 5.32 Å². The summed E-state index contributed by atoms with van der Waals surface area (Å²) < 4.78 is 27.4. The Labute approximate surface area is 131 Å². The predicted octanol–water partition coefficient (Wildman–Crippen LogP) is 3.75. The number of aromatic nitrogens is 1. The Morgan fingerprint density at radius 2 is 1.86 bits per heavy atom. The van der Waals surface area contributed by atoms with Crippen LogP contribution >= 0.6 is 11.8 Å². The van der Waals surface area contributed by atoms with Gasteiger partial charge in [0.05, 0.1) is 4.90 Å². The summed E-state index contributed by atoms with van der Waals surface area (Å²) in [6.45, 7) is 0.363. The molecule has 116 valence electrons. The number of hydrogen-bond acceptors (Lipinski definition) is 3. The minimum atomic E-state index is -0.695. The summed E-state index contributed by atoms with van der Waals surface area (Å²) in [5.74, 6) is -1.39. The molecular formula is C15H15F2N3OS. The number of hydrogen-bond donors (Lipinski definition) is 1. The fraction of sp³-hybridized carbons (Fsp3) is 0.200. The highest BCUT2D eigenvalue weighted by Crippen LogP contribution is 2.26. The van der Waals surface area contributed by atoms with E-state index in [9.17, 15) is 13.6 Å². The predicted molar refractivity (Wildman–Crippen MR) is 82.9 cm³/mol. The van der Waals surface area contributed by atoms with E-state index in [0.29, 0.717) is 6.54 Å². The van der Waals surface area contributed by atoms with Crippen LogP contribution in [0.25, 0.3) is 0 Å². The van der Waals surface area contributed by atoms with E-state index in [4.69, 9.17) is 0 Å².